The normalized spacial score (nSPS) is 10.9. The summed E-state index contributed by atoms with van der Waals surface area (Å²) in [6.07, 6.45) is 7.99. The molecule has 0 saturated carbocycles. The number of fused-ring (bicyclic) bond motifs is 1. The van der Waals surface area contributed by atoms with Crippen LogP contribution in [0.15, 0.2) is 55.5 Å². The number of nitrogens with zero attached hydrogens (tertiary/aromatic N) is 6. The molecule has 4 rings (SSSR count). The number of rotatable bonds is 4. The van der Waals surface area contributed by atoms with Crippen LogP contribution in [0.25, 0.3) is 11.3 Å². The lowest BCUT2D eigenvalue weighted by Gasteiger charge is -2.03. The Balaban J connectivity index is 1.44. The average Bonchev–Trinajstić information content (AvgIpc) is 3.29. The van der Waals surface area contributed by atoms with Crippen molar-refractivity contribution < 1.29 is 9.53 Å². The van der Waals surface area contributed by atoms with Crippen LogP contribution in [0.1, 0.15) is 16.2 Å². The molecule has 0 aliphatic rings. The predicted octanol–water partition coefficient (Wildman–Crippen LogP) is 2.32. The van der Waals surface area contributed by atoms with Gasteiger partial charge in [0, 0.05) is 12.4 Å². The van der Waals surface area contributed by atoms with E-state index in [-0.39, 0.29) is 12.3 Å². The molecule has 0 fully saturated rings. The lowest BCUT2D eigenvalue weighted by Crippen LogP contribution is -2.08. The summed E-state index contributed by atoms with van der Waals surface area (Å²) in [6, 6.07) is 6.83. The molecule has 4 aromatic heterocycles. The SMILES string of the molecule is O=C(OCc1cn2cc(Cl)ccc2n1)c1ccc(-n2cncn2)cn1. The summed E-state index contributed by atoms with van der Waals surface area (Å²) < 4.78 is 8.58. The third-order valence-corrected chi connectivity index (χ3v) is 3.68. The van der Waals surface area contributed by atoms with Crippen LogP contribution in [-0.4, -0.2) is 35.1 Å². The molecule has 0 aliphatic carbocycles. The van der Waals surface area contributed by atoms with Crippen LogP contribution < -0.4 is 0 Å². The molecule has 0 aliphatic heterocycles. The van der Waals surface area contributed by atoms with Crippen molar-refractivity contribution in [2.45, 2.75) is 6.61 Å². The number of esters is 1. The Morgan fingerprint density at radius 3 is 2.88 bits per heavy atom. The third-order valence-electron chi connectivity index (χ3n) is 3.46. The van der Waals surface area contributed by atoms with Crippen LogP contribution in [0.5, 0.6) is 0 Å². The highest BCUT2D eigenvalue weighted by Crippen LogP contribution is 2.13. The number of pyridine rings is 2. The van der Waals surface area contributed by atoms with Gasteiger partial charge in [0.2, 0.25) is 0 Å². The minimum Gasteiger partial charge on any atom is -0.454 e. The van der Waals surface area contributed by atoms with Crippen molar-refractivity contribution in [3.8, 4) is 5.69 Å². The minimum absolute atomic E-state index is 0.0463. The van der Waals surface area contributed by atoms with Gasteiger partial charge in [-0.05, 0) is 24.3 Å². The van der Waals surface area contributed by atoms with Gasteiger partial charge in [-0.3, -0.25) is 0 Å². The first kappa shape index (κ1) is 15.3. The highest BCUT2D eigenvalue weighted by molar-refractivity contribution is 6.30. The maximum Gasteiger partial charge on any atom is 0.357 e. The van der Waals surface area contributed by atoms with E-state index in [0.29, 0.717) is 16.4 Å². The summed E-state index contributed by atoms with van der Waals surface area (Å²) in [6.45, 7) is 0.0463. The molecule has 0 bridgehead atoms. The number of imidazole rings is 1. The summed E-state index contributed by atoms with van der Waals surface area (Å²) in [4.78, 5) is 24.4. The first-order valence-corrected chi connectivity index (χ1v) is 7.68. The van der Waals surface area contributed by atoms with Gasteiger partial charge >= 0.3 is 5.97 Å². The summed E-state index contributed by atoms with van der Waals surface area (Å²) >= 11 is 5.93. The zero-order chi connectivity index (χ0) is 17.2. The lowest BCUT2D eigenvalue weighted by molar-refractivity contribution is 0.0461. The molecule has 0 radical (unpaired) electrons. The smallest absolute Gasteiger partial charge is 0.357 e. The van der Waals surface area contributed by atoms with Gasteiger partial charge in [0.15, 0.2) is 0 Å². The van der Waals surface area contributed by atoms with Gasteiger partial charge in [0.25, 0.3) is 0 Å². The molecule has 124 valence electrons. The standard InChI is InChI=1S/C16H11ClN6O2/c17-11-1-4-15-21-12(7-22(15)6-11)8-25-16(24)14-3-2-13(5-19-14)23-10-18-9-20-23/h1-7,9-10H,8H2. The van der Waals surface area contributed by atoms with Crippen LogP contribution in [0.2, 0.25) is 5.02 Å². The second kappa shape index (κ2) is 6.33. The summed E-state index contributed by atoms with van der Waals surface area (Å²) in [7, 11) is 0. The molecule has 0 atom stereocenters. The highest BCUT2D eigenvalue weighted by atomic mass is 35.5. The van der Waals surface area contributed by atoms with Crippen molar-refractivity contribution in [1.82, 2.24) is 29.1 Å². The fourth-order valence-electron chi connectivity index (χ4n) is 2.28. The minimum atomic E-state index is -0.528. The van der Waals surface area contributed by atoms with Gasteiger partial charge in [-0.15, -0.1) is 0 Å². The van der Waals surface area contributed by atoms with Gasteiger partial charge in [-0.25, -0.2) is 24.4 Å². The molecular formula is C16H11ClN6O2. The van der Waals surface area contributed by atoms with E-state index in [0.717, 1.165) is 5.65 Å². The van der Waals surface area contributed by atoms with E-state index in [4.69, 9.17) is 16.3 Å². The van der Waals surface area contributed by atoms with Crippen LogP contribution in [0.4, 0.5) is 0 Å². The molecule has 0 amide bonds. The lowest BCUT2D eigenvalue weighted by atomic mass is 10.3. The fraction of sp³-hybridized carbons (Fsp3) is 0.0625. The third kappa shape index (κ3) is 3.20. The van der Waals surface area contributed by atoms with Crippen molar-refractivity contribution in [2.75, 3.05) is 0 Å². The quantitative estimate of drug-likeness (QED) is 0.523. The Morgan fingerprint density at radius 2 is 2.12 bits per heavy atom. The topological polar surface area (TPSA) is 87.2 Å². The summed E-state index contributed by atoms with van der Waals surface area (Å²) in [5.41, 5.74) is 2.25. The first-order valence-electron chi connectivity index (χ1n) is 7.30. The molecular weight excluding hydrogens is 344 g/mol. The molecule has 9 heteroatoms. The Hall–Kier alpha value is -3.26. The molecule has 8 nitrogen and oxygen atoms in total. The van der Waals surface area contributed by atoms with Crippen molar-refractivity contribution in [3.63, 3.8) is 0 Å². The molecule has 0 unspecified atom stereocenters. The van der Waals surface area contributed by atoms with E-state index in [1.54, 1.807) is 52.1 Å². The van der Waals surface area contributed by atoms with Crippen molar-refractivity contribution >= 4 is 23.2 Å². The van der Waals surface area contributed by atoms with Crippen molar-refractivity contribution in [3.05, 3.63) is 71.9 Å². The molecule has 0 saturated heterocycles. The van der Waals surface area contributed by atoms with E-state index < -0.39 is 5.97 Å². The summed E-state index contributed by atoms with van der Waals surface area (Å²) in [5, 5.41) is 4.60. The van der Waals surface area contributed by atoms with E-state index in [9.17, 15) is 4.79 Å². The van der Waals surface area contributed by atoms with E-state index in [1.165, 1.54) is 12.5 Å². The number of halogens is 1. The maximum atomic E-state index is 12.1. The van der Waals surface area contributed by atoms with Gasteiger partial charge in [0.1, 0.15) is 30.6 Å². The fourth-order valence-corrected chi connectivity index (χ4v) is 2.45. The second-order valence-electron chi connectivity index (χ2n) is 5.16. The Kier molecular flexibility index (Phi) is 3.87. The number of carbonyl (C=O) groups excluding carboxylic acids is 1. The number of carbonyl (C=O) groups is 1. The molecule has 4 heterocycles. The number of aromatic nitrogens is 6. The van der Waals surface area contributed by atoms with E-state index in [2.05, 4.69) is 20.1 Å². The Morgan fingerprint density at radius 1 is 1.20 bits per heavy atom. The van der Waals surface area contributed by atoms with Crippen molar-refractivity contribution in [1.29, 1.82) is 0 Å². The zero-order valence-electron chi connectivity index (χ0n) is 12.8. The second-order valence-corrected chi connectivity index (χ2v) is 5.60. The van der Waals surface area contributed by atoms with Gasteiger partial charge in [-0.2, -0.15) is 5.10 Å². The molecule has 0 N–H and O–H groups in total. The van der Waals surface area contributed by atoms with Crippen LogP contribution in [0, 0.1) is 0 Å². The van der Waals surface area contributed by atoms with E-state index >= 15 is 0 Å². The monoisotopic (exact) mass is 354 g/mol. The van der Waals surface area contributed by atoms with Gasteiger partial charge in [0.05, 0.1) is 22.6 Å². The number of hydrogen-bond donors (Lipinski definition) is 0. The molecule has 0 aromatic carbocycles. The molecule has 25 heavy (non-hydrogen) atoms. The average molecular weight is 355 g/mol. The molecule has 4 aromatic rings. The Bertz CT molecular complexity index is 1030. The predicted molar refractivity (Wildman–Crippen MR) is 88.5 cm³/mol. The van der Waals surface area contributed by atoms with Gasteiger partial charge in [-0.1, -0.05) is 11.6 Å². The Labute approximate surface area is 146 Å². The number of hydrogen-bond acceptors (Lipinski definition) is 6. The first-order chi connectivity index (χ1) is 12.2. The van der Waals surface area contributed by atoms with Crippen LogP contribution >= 0.6 is 11.6 Å². The summed E-state index contributed by atoms with van der Waals surface area (Å²) in [5.74, 6) is -0.528. The van der Waals surface area contributed by atoms with Crippen LogP contribution in [-0.2, 0) is 11.3 Å². The van der Waals surface area contributed by atoms with Crippen molar-refractivity contribution in [2.24, 2.45) is 0 Å². The highest BCUT2D eigenvalue weighted by Gasteiger charge is 2.11. The largest absolute Gasteiger partial charge is 0.454 e. The van der Waals surface area contributed by atoms with Gasteiger partial charge < -0.3 is 9.14 Å². The maximum absolute atomic E-state index is 12.1. The van der Waals surface area contributed by atoms with E-state index in [1.807, 2.05) is 0 Å². The number of ether oxygens (including phenoxy) is 1. The molecule has 0 spiro atoms. The zero-order valence-corrected chi connectivity index (χ0v) is 13.5. The van der Waals surface area contributed by atoms with Crippen LogP contribution in [0.3, 0.4) is 0 Å².